The van der Waals surface area contributed by atoms with Crippen molar-refractivity contribution in [1.29, 1.82) is 0 Å². The summed E-state index contributed by atoms with van der Waals surface area (Å²) in [6, 6.07) is 16.3. The second-order valence-corrected chi connectivity index (χ2v) is 22.4. The standard InChI is InChI=1S/C43H56F2N2O7Si/c1-27(2)55(28(3)4,29(5)6)54-38-17-13-16-32-21-35(46(25-37(32)38)40(49)53-42(7,8)9)24-43(51,23-31-18-33(44)22-34(45)19-31)39(48)47-36(26-52-41(47)50)20-30-14-11-10-12-15-30/h10-19,22,27-29,35-36,51H,20-21,23-26H2,1-9H3/t35?,36?,43-/m0/s1. The van der Waals surface area contributed by atoms with Crippen LogP contribution in [0.3, 0.4) is 0 Å². The fraction of sp³-hybridized carbons (Fsp3) is 0.512. The van der Waals surface area contributed by atoms with Crippen molar-refractivity contribution in [2.45, 2.75) is 134 Å². The third kappa shape index (κ3) is 9.23. The Morgan fingerprint density at radius 2 is 1.51 bits per heavy atom. The van der Waals surface area contributed by atoms with Gasteiger partial charge in [-0.05, 0) is 85.1 Å². The van der Waals surface area contributed by atoms with E-state index < -0.39 is 67.8 Å². The highest BCUT2D eigenvalue weighted by Gasteiger charge is 2.51. The largest absolute Gasteiger partial charge is 0.542 e. The van der Waals surface area contributed by atoms with E-state index in [4.69, 9.17) is 13.9 Å². The number of halogens is 2. The average Bonchev–Trinajstić information content (AvgIpc) is 3.43. The molecule has 0 aliphatic carbocycles. The average molecular weight is 779 g/mol. The SMILES string of the molecule is CC(C)[Si](Oc1cccc2c1CN(C(=O)OC(C)(C)C)C(C[C@@](O)(Cc1cc(F)cc(F)c1)C(=O)N1C(=O)OCC1Cc1ccccc1)C2)(C(C)C)C(C)C. The molecule has 0 spiro atoms. The molecule has 0 aromatic heterocycles. The highest BCUT2D eigenvalue weighted by Crippen LogP contribution is 2.45. The maximum Gasteiger partial charge on any atom is 0.417 e. The maximum atomic E-state index is 14.7. The fourth-order valence-electron chi connectivity index (χ4n) is 8.65. The van der Waals surface area contributed by atoms with Crippen molar-refractivity contribution in [3.63, 3.8) is 0 Å². The van der Waals surface area contributed by atoms with Gasteiger partial charge in [-0.25, -0.2) is 23.3 Å². The lowest BCUT2D eigenvalue weighted by atomic mass is 9.81. The highest BCUT2D eigenvalue weighted by atomic mass is 28.4. The third-order valence-electron chi connectivity index (χ3n) is 11.0. The summed E-state index contributed by atoms with van der Waals surface area (Å²) in [6.45, 7) is 18.4. The predicted molar refractivity (Wildman–Crippen MR) is 209 cm³/mol. The Hall–Kier alpha value is -4.29. The van der Waals surface area contributed by atoms with Crippen LogP contribution in [0.4, 0.5) is 18.4 Å². The summed E-state index contributed by atoms with van der Waals surface area (Å²) in [5, 5.41) is 12.7. The predicted octanol–water partition coefficient (Wildman–Crippen LogP) is 9.13. The van der Waals surface area contributed by atoms with Crippen LogP contribution in [0, 0.1) is 11.6 Å². The number of hydrogen-bond acceptors (Lipinski definition) is 7. The first-order chi connectivity index (χ1) is 25.7. The molecule has 2 heterocycles. The van der Waals surface area contributed by atoms with E-state index in [9.17, 15) is 28.3 Å². The van der Waals surface area contributed by atoms with E-state index in [-0.39, 0.29) is 38.0 Å². The number of hydrogen-bond donors (Lipinski definition) is 1. The van der Waals surface area contributed by atoms with Crippen molar-refractivity contribution in [3.05, 3.63) is 101 Å². The van der Waals surface area contributed by atoms with Gasteiger partial charge in [0.05, 0.1) is 12.6 Å². The number of fused-ring (bicyclic) bond motifs is 1. The van der Waals surface area contributed by atoms with Crippen LogP contribution in [0.25, 0.3) is 0 Å². The normalized spacial score (nSPS) is 18.7. The summed E-state index contributed by atoms with van der Waals surface area (Å²) in [7, 11) is -2.42. The zero-order valence-electron chi connectivity index (χ0n) is 33.5. The monoisotopic (exact) mass is 778 g/mol. The number of nitrogens with zero attached hydrogens (tertiary/aromatic N) is 2. The molecule has 3 aromatic carbocycles. The molecule has 2 aliphatic rings. The second kappa shape index (κ2) is 16.4. The van der Waals surface area contributed by atoms with Gasteiger partial charge in [0.2, 0.25) is 0 Å². The Morgan fingerprint density at radius 3 is 2.09 bits per heavy atom. The molecule has 0 bridgehead atoms. The molecular weight excluding hydrogens is 723 g/mol. The lowest BCUT2D eigenvalue weighted by Crippen LogP contribution is -2.58. The number of carbonyl (C=O) groups excluding carboxylic acids is 3. The zero-order chi connectivity index (χ0) is 40.5. The Balaban J connectivity index is 1.59. The summed E-state index contributed by atoms with van der Waals surface area (Å²) in [6.07, 6.45) is -2.04. The number of aliphatic hydroxyl groups is 1. The summed E-state index contributed by atoms with van der Waals surface area (Å²) < 4.78 is 47.5. The molecular formula is C43H56F2N2O7Si. The van der Waals surface area contributed by atoms with Crippen molar-refractivity contribution in [2.24, 2.45) is 0 Å². The van der Waals surface area contributed by atoms with Crippen LogP contribution in [-0.4, -0.2) is 71.2 Å². The second-order valence-electron chi connectivity index (χ2n) is 17.1. The van der Waals surface area contributed by atoms with Gasteiger partial charge in [-0.1, -0.05) is 84.0 Å². The molecule has 298 valence electrons. The molecule has 0 saturated carbocycles. The highest BCUT2D eigenvalue weighted by molar-refractivity contribution is 6.78. The summed E-state index contributed by atoms with van der Waals surface area (Å²) >= 11 is 0. The fourth-order valence-corrected chi connectivity index (χ4v) is 13.9. The van der Waals surface area contributed by atoms with E-state index in [1.807, 2.05) is 48.5 Å². The summed E-state index contributed by atoms with van der Waals surface area (Å²) in [4.78, 5) is 44.5. The van der Waals surface area contributed by atoms with Crippen LogP contribution in [0.2, 0.25) is 16.6 Å². The van der Waals surface area contributed by atoms with Gasteiger partial charge >= 0.3 is 12.2 Å². The number of benzene rings is 3. The molecule has 0 radical (unpaired) electrons. The van der Waals surface area contributed by atoms with Gasteiger partial charge in [0, 0.05) is 30.5 Å². The minimum atomic E-state index is -2.42. The number of rotatable bonds is 12. The van der Waals surface area contributed by atoms with Gasteiger partial charge in [-0.3, -0.25) is 4.79 Å². The molecule has 5 rings (SSSR count). The Kier molecular flexibility index (Phi) is 12.5. The van der Waals surface area contributed by atoms with Crippen molar-refractivity contribution >= 4 is 26.4 Å². The van der Waals surface area contributed by atoms with Gasteiger partial charge < -0.3 is 23.9 Å². The van der Waals surface area contributed by atoms with Gasteiger partial charge in [-0.2, -0.15) is 0 Å². The molecule has 9 nitrogen and oxygen atoms in total. The lowest BCUT2D eigenvalue weighted by molar-refractivity contribution is -0.151. The van der Waals surface area contributed by atoms with Crippen LogP contribution in [0.5, 0.6) is 5.75 Å². The Labute approximate surface area is 325 Å². The lowest BCUT2D eigenvalue weighted by Gasteiger charge is -2.45. The quantitative estimate of drug-likeness (QED) is 0.183. The minimum absolute atomic E-state index is 0.00796. The van der Waals surface area contributed by atoms with Crippen LogP contribution in [0.15, 0.2) is 66.7 Å². The molecule has 2 unspecified atom stereocenters. The van der Waals surface area contributed by atoms with Crippen molar-refractivity contribution < 1.29 is 42.2 Å². The minimum Gasteiger partial charge on any atom is -0.542 e. The van der Waals surface area contributed by atoms with Crippen LogP contribution in [-0.2, 0) is 40.1 Å². The molecule has 3 amide bonds. The Morgan fingerprint density at radius 1 is 0.891 bits per heavy atom. The molecule has 3 aromatic rings. The maximum absolute atomic E-state index is 14.7. The first kappa shape index (κ1) is 41.9. The van der Waals surface area contributed by atoms with Gasteiger partial charge in [-0.15, -0.1) is 0 Å². The number of imide groups is 1. The molecule has 1 fully saturated rings. The van der Waals surface area contributed by atoms with Crippen molar-refractivity contribution in [3.8, 4) is 5.75 Å². The molecule has 1 saturated heterocycles. The summed E-state index contributed by atoms with van der Waals surface area (Å²) in [5.41, 5.74) is 0.124. The van der Waals surface area contributed by atoms with E-state index in [0.717, 1.165) is 33.7 Å². The van der Waals surface area contributed by atoms with Crippen molar-refractivity contribution in [2.75, 3.05) is 6.61 Å². The van der Waals surface area contributed by atoms with E-state index in [0.29, 0.717) is 28.4 Å². The van der Waals surface area contributed by atoms with Crippen molar-refractivity contribution in [1.82, 2.24) is 9.80 Å². The summed E-state index contributed by atoms with van der Waals surface area (Å²) in [5.74, 6) is -2.05. The number of ether oxygens (including phenoxy) is 2. The molecule has 3 atom stereocenters. The zero-order valence-corrected chi connectivity index (χ0v) is 34.5. The van der Waals surface area contributed by atoms with Crippen LogP contribution < -0.4 is 4.43 Å². The van der Waals surface area contributed by atoms with Crippen LogP contribution >= 0.6 is 0 Å². The van der Waals surface area contributed by atoms with Gasteiger partial charge in [0.25, 0.3) is 14.2 Å². The number of amides is 3. The van der Waals surface area contributed by atoms with Gasteiger partial charge in [0.1, 0.15) is 35.2 Å². The molecule has 2 aliphatic heterocycles. The van der Waals surface area contributed by atoms with E-state index >= 15 is 0 Å². The third-order valence-corrected chi connectivity index (χ3v) is 16.9. The van der Waals surface area contributed by atoms with Gasteiger partial charge in [0.15, 0.2) is 0 Å². The Bertz CT molecular complexity index is 1820. The first-order valence-electron chi connectivity index (χ1n) is 19.2. The number of carbonyl (C=O) groups is 3. The first-order valence-corrected chi connectivity index (χ1v) is 21.4. The molecule has 55 heavy (non-hydrogen) atoms. The van der Waals surface area contributed by atoms with E-state index in [2.05, 4.69) is 41.5 Å². The molecule has 1 N–H and O–H groups in total. The van der Waals surface area contributed by atoms with E-state index in [1.165, 1.54) is 4.90 Å². The smallest absolute Gasteiger partial charge is 0.417 e. The topological polar surface area (TPSA) is 106 Å². The molecule has 12 heteroatoms. The number of cyclic esters (lactones) is 1. The van der Waals surface area contributed by atoms with E-state index in [1.54, 1.807) is 20.8 Å². The van der Waals surface area contributed by atoms with Crippen LogP contribution in [0.1, 0.15) is 91.0 Å².